The summed E-state index contributed by atoms with van der Waals surface area (Å²) in [4.78, 5) is 0. The molecule has 2 aromatic heterocycles. The maximum atomic E-state index is 6.32. The molecule has 0 amide bonds. The van der Waals surface area contributed by atoms with E-state index in [0.717, 1.165) is 16.4 Å². The normalized spacial score (nSPS) is 14.3. The Hall–Kier alpha value is -1.85. The molecule has 0 aliphatic rings. The Morgan fingerprint density at radius 2 is 1.80 bits per heavy atom. The van der Waals surface area contributed by atoms with Gasteiger partial charge in [-0.25, -0.2) is 0 Å². The zero-order valence-corrected chi connectivity index (χ0v) is 12.0. The molecule has 0 saturated heterocycles. The molecule has 0 aliphatic heterocycles. The van der Waals surface area contributed by atoms with Crippen molar-refractivity contribution in [1.29, 1.82) is 0 Å². The second kappa shape index (κ2) is 5.64. The van der Waals surface area contributed by atoms with Crippen LogP contribution in [-0.4, -0.2) is 19.8 Å². The summed E-state index contributed by atoms with van der Waals surface area (Å²) in [5.74, 6) is 0. The predicted molar refractivity (Wildman–Crippen MR) is 81.7 cm³/mol. The smallest absolute Gasteiger partial charge is 0.195 e. The van der Waals surface area contributed by atoms with Crippen LogP contribution in [0.4, 0.5) is 0 Å². The van der Waals surface area contributed by atoms with E-state index >= 15 is 0 Å². The minimum Gasteiger partial charge on any atom is -0.323 e. The van der Waals surface area contributed by atoms with Crippen LogP contribution in [0.15, 0.2) is 59.9 Å². The molecular formula is C15H16N4S. The number of benzene rings is 1. The summed E-state index contributed by atoms with van der Waals surface area (Å²) >= 11 is 1.65. The molecule has 5 heteroatoms. The summed E-state index contributed by atoms with van der Waals surface area (Å²) in [5, 5.41) is 9.47. The van der Waals surface area contributed by atoms with Crippen LogP contribution >= 0.6 is 11.8 Å². The average molecular weight is 284 g/mol. The second-order valence-electron chi connectivity index (χ2n) is 4.67. The van der Waals surface area contributed by atoms with Crippen molar-refractivity contribution in [2.24, 2.45) is 5.73 Å². The highest BCUT2D eigenvalue weighted by Gasteiger charge is 2.18. The van der Waals surface area contributed by atoms with Crippen LogP contribution in [0.1, 0.15) is 18.5 Å². The molecule has 2 unspecified atom stereocenters. The van der Waals surface area contributed by atoms with Crippen molar-refractivity contribution in [2.75, 3.05) is 0 Å². The van der Waals surface area contributed by atoms with Gasteiger partial charge in [-0.15, -0.1) is 10.2 Å². The lowest BCUT2D eigenvalue weighted by Gasteiger charge is -2.18. The maximum absolute atomic E-state index is 6.32. The number of rotatable bonds is 4. The Bertz CT molecular complexity index is 695. The van der Waals surface area contributed by atoms with Crippen LogP contribution in [-0.2, 0) is 0 Å². The van der Waals surface area contributed by atoms with E-state index in [1.54, 1.807) is 11.8 Å². The van der Waals surface area contributed by atoms with Gasteiger partial charge < -0.3 is 5.73 Å². The monoisotopic (exact) mass is 284 g/mol. The zero-order chi connectivity index (χ0) is 13.9. The van der Waals surface area contributed by atoms with E-state index in [1.165, 1.54) is 0 Å². The molecule has 0 fully saturated rings. The molecule has 2 heterocycles. The fourth-order valence-corrected chi connectivity index (χ4v) is 3.08. The van der Waals surface area contributed by atoms with Crippen molar-refractivity contribution < 1.29 is 0 Å². The van der Waals surface area contributed by atoms with Gasteiger partial charge in [-0.2, -0.15) is 0 Å². The molecule has 1 aromatic carbocycles. The fourth-order valence-electron chi connectivity index (χ4n) is 2.09. The number of thioether (sulfide) groups is 1. The van der Waals surface area contributed by atoms with Crippen molar-refractivity contribution in [1.82, 2.24) is 14.6 Å². The number of nitrogens with two attached hydrogens (primary N) is 1. The summed E-state index contributed by atoms with van der Waals surface area (Å²) in [6, 6.07) is 16.0. The van der Waals surface area contributed by atoms with E-state index in [2.05, 4.69) is 29.3 Å². The molecular weight excluding hydrogens is 268 g/mol. The van der Waals surface area contributed by atoms with Crippen LogP contribution in [0.5, 0.6) is 0 Å². The third-order valence-electron chi connectivity index (χ3n) is 3.26. The van der Waals surface area contributed by atoms with Gasteiger partial charge in [-0.1, -0.05) is 55.1 Å². The molecule has 20 heavy (non-hydrogen) atoms. The minimum atomic E-state index is -0.0303. The number of fused-ring (bicyclic) bond motifs is 1. The summed E-state index contributed by atoms with van der Waals surface area (Å²) in [6.07, 6.45) is 1.97. The van der Waals surface area contributed by atoms with Crippen LogP contribution < -0.4 is 5.73 Å². The van der Waals surface area contributed by atoms with Gasteiger partial charge in [0.2, 0.25) is 0 Å². The molecule has 3 rings (SSSR count). The highest BCUT2D eigenvalue weighted by molar-refractivity contribution is 7.99. The Labute approximate surface area is 122 Å². The third-order valence-corrected chi connectivity index (χ3v) is 4.42. The molecule has 2 N–H and O–H groups in total. The van der Waals surface area contributed by atoms with Gasteiger partial charge >= 0.3 is 0 Å². The van der Waals surface area contributed by atoms with Crippen molar-refractivity contribution in [3.8, 4) is 0 Å². The summed E-state index contributed by atoms with van der Waals surface area (Å²) < 4.78 is 1.98. The first kappa shape index (κ1) is 13.1. The van der Waals surface area contributed by atoms with Gasteiger partial charge in [0.25, 0.3) is 0 Å². The number of pyridine rings is 1. The van der Waals surface area contributed by atoms with E-state index < -0.39 is 0 Å². The number of aromatic nitrogens is 3. The zero-order valence-electron chi connectivity index (χ0n) is 11.2. The molecule has 4 nitrogen and oxygen atoms in total. The van der Waals surface area contributed by atoms with Gasteiger partial charge in [0.05, 0.1) is 0 Å². The summed E-state index contributed by atoms with van der Waals surface area (Å²) in [7, 11) is 0. The van der Waals surface area contributed by atoms with Crippen LogP contribution in [0.2, 0.25) is 0 Å². The summed E-state index contributed by atoms with van der Waals surface area (Å²) in [6.45, 7) is 2.12. The van der Waals surface area contributed by atoms with E-state index in [1.807, 2.05) is 47.0 Å². The maximum Gasteiger partial charge on any atom is 0.195 e. The van der Waals surface area contributed by atoms with E-state index in [0.29, 0.717) is 0 Å². The van der Waals surface area contributed by atoms with Crippen LogP contribution in [0, 0.1) is 0 Å². The molecule has 0 spiro atoms. The predicted octanol–water partition coefficient (Wildman–Crippen LogP) is 2.91. The summed E-state index contributed by atoms with van der Waals surface area (Å²) in [5.41, 5.74) is 8.32. The third kappa shape index (κ3) is 2.55. The standard InChI is InChI=1S/C15H16N4S/c1-11(14(16)12-7-3-2-4-8-12)20-15-18-17-13-9-5-6-10-19(13)15/h2-11,14H,16H2,1H3. The van der Waals surface area contributed by atoms with E-state index in [4.69, 9.17) is 5.73 Å². The number of hydrogen-bond donors (Lipinski definition) is 1. The Morgan fingerprint density at radius 1 is 1.05 bits per heavy atom. The Morgan fingerprint density at radius 3 is 2.60 bits per heavy atom. The van der Waals surface area contributed by atoms with Crippen molar-refractivity contribution in [3.63, 3.8) is 0 Å². The molecule has 0 aliphatic carbocycles. The molecule has 0 bridgehead atoms. The SMILES string of the molecule is CC(Sc1nnc2ccccn12)C(N)c1ccccc1. The number of hydrogen-bond acceptors (Lipinski definition) is 4. The van der Waals surface area contributed by atoms with Crippen LogP contribution in [0.25, 0.3) is 5.65 Å². The number of nitrogens with zero attached hydrogens (tertiary/aromatic N) is 3. The van der Waals surface area contributed by atoms with Crippen LogP contribution in [0.3, 0.4) is 0 Å². The highest BCUT2D eigenvalue weighted by Crippen LogP contribution is 2.29. The van der Waals surface area contributed by atoms with E-state index in [-0.39, 0.29) is 11.3 Å². The molecule has 102 valence electrons. The van der Waals surface area contributed by atoms with Gasteiger partial charge in [-0.05, 0) is 17.7 Å². The van der Waals surface area contributed by atoms with Gasteiger partial charge in [0.15, 0.2) is 10.8 Å². The first-order chi connectivity index (χ1) is 9.75. The first-order valence-corrected chi connectivity index (χ1v) is 7.40. The van der Waals surface area contributed by atoms with Crippen molar-refractivity contribution in [2.45, 2.75) is 23.4 Å². The fraction of sp³-hybridized carbons (Fsp3) is 0.200. The van der Waals surface area contributed by atoms with Gasteiger partial charge in [-0.3, -0.25) is 4.40 Å². The largest absolute Gasteiger partial charge is 0.323 e. The Kier molecular flexibility index (Phi) is 3.71. The topological polar surface area (TPSA) is 56.2 Å². The molecule has 0 saturated carbocycles. The Balaban J connectivity index is 1.80. The quantitative estimate of drug-likeness (QED) is 0.748. The molecule has 2 atom stereocenters. The molecule has 3 aromatic rings. The highest BCUT2D eigenvalue weighted by atomic mass is 32.2. The van der Waals surface area contributed by atoms with Gasteiger partial charge in [0, 0.05) is 17.5 Å². The lowest BCUT2D eigenvalue weighted by Crippen LogP contribution is -2.21. The second-order valence-corrected chi connectivity index (χ2v) is 6.02. The van der Waals surface area contributed by atoms with Crippen molar-refractivity contribution in [3.05, 3.63) is 60.3 Å². The van der Waals surface area contributed by atoms with E-state index in [9.17, 15) is 0 Å². The first-order valence-electron chi connectivity index (χ1n) is 6.52. The average Bonchev–Trinajstić information content (AvgIpc) is 2.91. The lowest BCUT2D eigenvalue weighted by molar-refractivity contribution is 0.711. The lowest BCUT2D eigenvalue weighted by atomic mass is 10.1. The van der Waals surface area contributed by atoms with Gasteiger partial charge in [0.1, 0.15) is 0 Å². The molecule has 0 radical (unpaired) electrons. The van der Waals surface area contributed by atoms with Crippen molar-refractivity contribution >= 4 is 17.4 Å². The minimum absolute atomic E-state index is 0.0303.